The highest BCUT2D eigenvalue weighted by Crippen LogP contribution is 2.41. The van der Waals surface area contributed by atoms with Gasteiger partial charge in [0, 0.05) is 48.2 Å². The summed E-state index contributed by atoms with van der Waals surface area (Å²) in [6.45, 7) is 5.49. The van der Waals surface area contributed by atoms with Crippen molar-refractivity contribution in [3.8, 4) is 11.5 Å². The molecule has 0 unspecified atom stereocenters. The molecule has 34 heavy (non-hydrogen) atoms. The van der Waals surface area contributed by atoms with E-state index >= 15 is 0 Å². The Morgan fingerprint density at radius 1 is 1.12 bits per heavy atom. The van der Waals surface area contributed by atoms with Crippen LogP contribution in [0, 0.1) is 5.41 Å². The van der Waals surface area contributed by atoms with Crippen molar-refractivity contribution in [1.82, 2.24) is 14.8 Å². The Balaban J connectivity index is 1.24. The van der Waals surface area contributed by atoms with Gasteiger partial charge in [0.15, 0.2) is 5.75 Å². The van der Waals surface area contributed by atoms with E-state index in [1.54, 1.807) is 6.20 Å². The Hall–Kier alpha value is -3.39. The minimum absolute atomic E-state index is 0.215. The molecule has 2 aromatic heterocycles. The van der Waals surface area contributed by atoms with Crippen LogP contribution in [-0.4, -0.2) is 33.9 Å². The molecule has 0 atom stereocenters. The van der Waals surface area contributed by atoms with E-state index in [4.69, 9.17) is 24.7 Å². The first-order chi connectivity index (χ1) is 16.5. The molecular weight excluding hydrogens is 430 g/mol. The zero-order valence-electron chi connectivity index (χ0n) is 19.5. The Morgan fingerprint density at radius 2 is 1.94 bits per heavy atom. The predicted molar refractivity (Wildman–Crippen MR) is 128 cm³/mol. The van der Waals surface area contributed by atoms with E-state index in [0.717, 1.165) is 54.3 Å². The summed E-state index contributed by atoms with van der Waals surface area (Å²) < 4.78 is 19.7. The highest BCUT2D eigenvalue weighted by molar-refractivity contribution is 5.97. The molecule has 2 N–H and O–H groups in total. The van der Waals surface area contributed by atoms with Gasteiger partial charge in [-0.1, -0.05) is 0 Å². The summed E-state index contributed by atoms with van der Waals surface area (Å²) in [7, 11) is 0. The van der Waals surface area contributed by atoms with E-state index in [1.807, 2.05) is 50.4 Å². The zero-order valence-corrected chi connectivity index (χ0v) is 19.5. The molecule has 2 aliphatic heterocycles. The lowest BCUT2D eigenvalue weighted by Gasteiger charge is -2.21. The van der Waals surface area contributed by atoms with E-state index in [1.165, 1.54) is 12.8 Å². The van der Waals surface area contributed by atoms with Gasteiger partial charge in [0.1, 0.15) is 22.9 Å². The van der Waals surface area contributed by atoms with Gasteiger partial charge in [-0.15, -0.1) is 0 Å². The average Bonchev–Trinajstić information content (AvgIpc) is 3.55. The van der Waals surface area contributed by atoms with Crippen molar-refractivity contribution in [2.45, 2.75) is 57.1 Å². The van der Waals surface area contributed by atoms with Gasteiger partial charge in [-0.2, -0.15) is 5.10 Å². The largest absolute Gasteiger partial charge is 0.467 e. The van der Waals surface area contributed by atoms with E-state index in [2.05, 4.69) is 15.0 Å². The second-order valence-electron chi connectivity index (χ2n) is 9.78. The van der Waals surface area contributed by atoms with Crippen LogP contribution in [0.5, 0.6) is 11.5 Å². The molecule has 1 aromatic carbocycles. The third-order valence-corrected chi connectivity index (χ3v) is 6.76. The maximum atomic E-state index is 8.05. The molecule has 6 rings (SSSR count). The Bertz CT molecular complexity index is 1240. The Labute approximate surface area is 198 Å². The molecule has 1 saturated heterocycles. The van der Waals surface area contributed by atoms with Crippen molar-refractivity contribution >= 4 is 17.4 Å². The highest BCUT2D eigenvalue weighted by Gasteiger charge is 2.35. The van der Waals surface area contributed by atoms with Crippen LogP contribution in [0.25, 0.3) is 0 Å². The summed E-state index contributed by atoms with van der Waals surface area (Å²) in [6.07, 6.45) is 8.09. The van der Waals surface area contributed by atoms with Crippen LogP contribution >= 0.6 is 0 Å². The van der Waals surface area contributed by atoms with Gasteiger partial charge in [0.25, 0.3) is 0 Å². The lowest BCUT2D eigenvalue weighted by molar-refractivity contribution is 0.0839. The van der Waals surface area contributed by atoms with E-state index in [0.29, 0.717) is 23.5 Å². The van der Waals surface area contributed by atoms with Crippen molar-refractivity contribution in [2.24, 2.45) is 0 Å². The molecule has 3 aromatic rings. The average molecular weight is 460 g/mol. The van der Waals surface area contributed by atoms with Gasteiger partial charge in [-0.05, 0) is 63.8 Å². The Kier molecular flexibility index (Phi) is 5.06. The number of rotatable bonds is 6. The van der Waals surface area contributed by atoms with E-state index < -0.39 is 5.60 Å². The molecule has 4 heterocycles. The van der Waals surface area contributed by atoms with Crippen LogP contribution in [0.3, 0.4) is 0 Å². The van der Waals surface area contributed by atoms with Gasteiger partial charge in [0.2, 0.25) is 5.90 Å². The van der Waals surface area contributed by atoms with Crippen molar-refractivity contribution in [3.63, 3.8) is 0 Å². The van der Waals surface area contributed by atoms with E-state index in [-0.39, 0.29) is 5.90 Å². The maximum Gasteiger partial charge on any atom is 0.214 e. The molecule has 8 nitrogen and oxygen atoms in total. The van der Waals surface area contributed by atoms with Crippen molar-refractivity contribution < 1.29 is 14.2 Å². The Morgan fingerprint density at radius 3 is 2.74 bits per heavy atom. The molecule has 0 amide bonds. The molecule has 0 bridgehead atoms. The van der Waals surface area contributed by atoms with Gasteiger partial charge in [0.05, 0.1) is 12.2 Å². The number of hydrogen-bond donors (Lipinski definition) is 2. The monoisotopic (exact) mass is 459 g/mol. The number of pyridine rings is 1. The summed E-state index contributed by atoms with van der Waals surface area (Å²) in [5, 5.41) is 16.3. The first kappa shape index (κ1) is 21.2. The number of fused-ring (bicyclic) bond motifs is 1. The van der Waals surface area contributed by atoms with Gasteiger partial charge < -0.3 is 19.5 Å². The summed E-state index contributed by atoms with van der Waals surface area (Å²) in [5.74, 6) is 2.80. The third-order valence-electron chi connectivity index (χ3n) is 6.76. The molecule has 8 heteroatoms. The number of hydrogen-bond acceptors (Lipinski definition) is 7. The van der Waals surface area contributed by atoms with Gasteiger partial charge in [-0.25, -0.2) is 4.98 Å². The van der Waals surface area contributed by atoms with Crippen LogP contribution in [-0.2, 0) is 15.1 Å². The number of nitrogens with zero attached hydrogens (tertiary/aromatic N) is 3. The standard InChI is InChI=1S/C26H29N5O3/c1-26(2)21-13-17(3-6-20(21)25(27)34-26)29-23-14-19(7-10-28-23)33-22-15-31(18-4-5-18)30-24(22)16-8-11-32-12-9-16/h3,6-7,10,13-16,18,27H,4-5,8-9,11-12H2,1-2H3,(H,28,29). The summed E-state index contributed by atoms with van der Waals surface area (Å²) in [4.78, 5) is 4.47. The second kappa shape index (κ2) is 8.13. The second-order valence-corrected chi connectivity index (χ2v) is 9.78. The number of aromatic nitrogens is 3. The molecule has 1 aliphatic carbocycles. The quantitative estimate of drug-likeness (QED) is 0.496. The lowest BCUT2D eigenvalue weighted by atomic mass is 9.95. The first-order valence-corrected chi connectivity index (χ1v) is 12.0. The van der Waals surface area contributed by atoms with Crippen molar-refractivity contribution in [2.75, 3.05) is 18.5 Å². The lowest BCUT2D eigenvalue weighted by Crippen LogP contribution is -2.16. The molecular formula is C26H29N5O3. The third kappa shape index (κ3) is 4.03. The maximum absolute atomic E-state index is 8.05. The number of ether oxygens (including phenoxy) is 3. The van der Waals surface area contributed by atoms with Crippen LogP contribution in [0.2, 0.25) is 0 Å². The number of benzene rings is 1. The zero-order chi connectivity index (χ0) is 23.3. The fourth-order valence-electron chi connectivity index (χ4n) is 4.75. The number of anilines is 2. The van der Waals surface area contributed by atoms with Gasteiger partial charge in [-0.3, -0.25) is 10.1 Å². The summed E-state index contributed by atoms with van der Waals surface area (Å²) in [6, 6.07) is 10.2. The van der Waals surface area contributed by atoms with Crippen LogP contribution in [0.1, 0.15) is 68.3 Å². The molecule has 0 radical (unpaired) electrons. The van der Waals surface area contributed by atoms with Crippen LogP contribution in [0.15, 0.2) is 42.7 Å². The fraction of sp³-hybridized carbons (Fsp3) is 0.423. The minimum Gasteiger partial charge on any atom is -0.467 e. The van der Waals surface area contributed by atoms with Gasteiger partial charge >= 0.3 is 0 Å². The van der Waals surface area contributed by atoms with Crippen LogP contribution in [0.4, 0.5) is 11.5 Å². The molecule has 2 fully saturated rings. The SMILES string of the molecule is CC1(C)OC(=N)c2ccc(Nc3cc(Oc4cn(C5CC5)nc4C4CCOCC4)ccn3)cc21. The smallest absolute Gasteiger partial charge is 0.214 e. The topological polar surface area (TPSA) is 94.3 Å². The van der Waals surface area contributed by atoms with Crippen molar-refractivity contribution in [1.29, 1.82) is 5.41 Å². The fourth-order valence-corrected chi connectivity index (χ4v) is 4.75. The summed E-state index contributed by atoms with van der Waals surface area (Å²) in [5.41, 5.74) is 3.21. The normalized spacial score (nSPS) is 19.5. The molecule has 3 aliphatic rings. The molecule has 176 valence electrons. The molecule has 1 saturated carbocycles. The predicted octanol–water partition coefficient (Wildman–Crippen LogP) is 5.63. The van der Waals surface area contributed by atoms with E-state index in [9.17, 15) is 0 Å². The highest BCUT2D eigenvalue weighted by atomic mass is 16.5. The first-order valence-electron chi connectivity index (χ1n) is 12.0. The van der Waals surface area contributed by atoms with Crippen LogP contribution < -0.4 is 10.1 Å². The summed E-state index contributed by atoms with van der Waals surface area (Å²) >= 11 is 0. The van der Waals surface area contributed by atoms with Crippen molar-refractivity contribution in [3.05, 3.63) is 59.5 Å². The number of nitrogens with one attached hydrogen (secondary N) is 2. The minimum atomic E-state index is -0.523. The molecule has 0 spiro atoms.